The summed E-state index contributed by atoms with van der Waals surface area (Å²) in [7, 11) is -2.53. The van der Waals surface area contributed by atoms with Crippen LogP contribution in [-0.2, 0) is 4.57 Å². The van der Waals surface area contributed by atoms with Crippen molar-refractivity contribution >= 4 is 53.9 Å². The predicted octanol–water partition coefficient (Wildman–Crippen LogP) is 7.74. The van der Waals surface area contributed by atoms with E-state index < -0.39 is 24.3 Å². The molecule has 7 heteroatoms. The highest BCUT2D eigenvalue weighted by atomic mass is 35.5. The van der Waals surface area contributed by atoms with Crippen LogP contribution in [-0.4, -0.2) is 16.5 Å². The number of hydrogen-bond donors (Lipinski definition) is 0. The minimum absolute atomic E-state index is 0.0909. The first-order chi connectivity index (χ1) is 13.6. The van der Waals surface area contributed by atoms with Crippen molar-refractivity contribution in [3.05, 3.63) is 67.2 Å². The number of Topliss-reactive ketones (excluding diaryl/α,β-unsaturated/α-hetero) is 1. The first-order valence-corrected chi connectivity index (χ1v) is 11.8. The predicted molar refractivity (Wildman–Crippen MR) is 120 cm³/mol. The monoisotopic (exact) mass is 469 g/mol. The second-order valence-electron chi connectivity index (χ2n) is 7.69. The SMILES string of the molecule is Cc1cc(C)c(C(=O)[P+](=O)C2(C(=O)c3c(Cl)cc(Cl)cc3Cl)CCCC2)c(C)c1. The standard InChI is InChI=1S/C22H21Cl3O3P/c1-12-8-13(2)18(14(3)9-12)21(27)29(28)22(6-4-5-7-22)20(26)19-16(24)10-15(23)11-17(19)25/h8-11H,4-7H2,1-3H3/q+1. The molecule has 1 fully saturated rings. The molecule has 1 atom stereocenters. The van der Waals surface area contributed by atoms with Gasteiger partial charge in [-0.1, -0.05) is 57.1 Å². The van der Waals surface area contributed by atoms with Gasteiger partial charge in [0.05, 0.1) is 21.2 Å². The zero-order chi connectivity index (χ0) is 21.5. The second kappa shape index (κ2) is 8.47. The first kappa shape index (κ1) is 22.4. The molecule has 0 radical (unpaired) electrons. The fourth-order valence-electron chi connectivity index (χ4n) is 4.29. The Morgan fingerprint density at radius 3 is 1.83 bits per heavy atom. The zero-order valence-corrected chi connectivity index (χ0v) is 19.6. The number of aryl methyl sites for hydroxylation is 3. The maximum Gasteiger partial charge on any atom is 0.434 e. The lowest BCUT2D eigenvalue weighted by Crippen LogP contribution is -2.34. The summed E-state index contributed by atoms with van der Waals surface area (Å²) in [4.78, 5) is 26.9. The Morgan fingerprint density at radius 1 is 0.862 bits per heavy atom. The van der Waals surface area contributed by atoms with Gasteiger partial charge in [0.2, 0.25) is 10.9 Å². The van der Waals surface area contributed by atoms with Crippen LogP contribution in [0.4, 0.5) is 0 Å². The molecule has 1 aliphatic carbocycles. The molecule has 0 heterocycles. The van der Waals surface area contributed by atoms with Crippen LogP contribution in [0.1, 0.15) is 63.1 Å². The molecule has 0 aromatic heterocycles. The number of rotatable bonds is 5. The van der Waals surface area contributed by atoms with Crippen LogP contribution in [0.2, 0.25) is 15.1 Å². The third kappa shape index (κ3) is 4.03. The number of halogens is 3. The van der Waals surface area contributed by atoms with Crippen molar-refractivity contribution in [2.24, 2.45) is 0 Å². The van der Waals surface area contributed by atoms with E-state index in [1.165, 1.54) is 12.1 Å². The van der Waals surface area contributed by atoms with Crippen LogP contribution >= 0.6 is 42.6 Å². The topological polar surface area (TPSA) is 51.2 Å². The Balaban J connectivity index is 2.09. The molecule has 3 rings (SSSR count). The van der Waals surface area contributed by atoms with Crippen LogP contribution in [0, 0.1) is 20.8 Å². The highest BCUT2D eigenvalue weighted by molar-refractivity contribution is 7.67. The van der Waals surface area contributed by atoms with Gasteiger partial charge in [0.25, 0.3) is 0 Å². The molecular formula is C22H21Cl3O3P+. The van der Waals surface area contributed by atoms with Gasteiger partial charge < -0.3 is 0 Å². The maximum absolute atomic E-state index is 13.6. The van der Waals surface area contributed by atoms with E-state index in [1.54, 1.807) is 0 Å². The molecule has 152 valence electrons. The molecule has 0 aliphatic heterocycles. The molecule has 1 aliphatic rings. The van der Waals surface area contributed by atoms with Crippen molar-refractivity contribution in [1.82, 2.24) is 0 Å². The fourth-order valence-corrected chi connectivity index (χ4v) is 7.24. The molecule has 2 aromatic carbocycles. The average molecular weight is 471 g/mol. The van der Waals surface area contributed by atoms with Gasteiger partial charge in [0.1, 0.15) is 0 Å². The largest absolute Gasteiger partial charge is 0.434 e. The summed E-state index contributed by atoms with van der Waals surface area (Å²) in [6.45, 7) is 5.60. The van der Waals surface area contributed by atoms with Crippen molar-refractivity contribution in [2.45, 2.75) is 51.6 Å². The summed E-state index contributed by atoms with van der Waals surface area (Å²) in [6.07, 6.45) is 2.17. The third-order valence-electron chi connectivity index (χ3n) is 5.55. The van der Waals surface area contributed by atoms with Gasteiger partial charge in [0, 0.05) is 17.9 Å². The molecule has 1 unspecified atom stereocenters. The quantitative estimate of drug-likeness (QED) is 0.332. The van der Waals surface area contributed by atoms with E-state index in [0.29, 0.717) is 23.4 Å². The van der Waals surface area contributed by atoms with Crippen molar-refractivity contribution in [1.29, 1.82) is 0 Å². The zero-order valence-electron chi connectivity index (χ0n) is 16.4. The Hall–Kier alpha value is -1.25. The average Bonchev–Trinajstić information content (AvgIpc) is 3.10. The molecule has 0 N–H and O–H groups in total. The van der Waals surface area contributed by atoms with Gasteiger partial charge in [-0.05, 0) is 56.9 Å². The first-order valence-electron chi connectivity index (χ1n) is 9.37. The van der Waals surface area contributed by atoms with Crippen LogP contribution in [0.15, 0.2) is 24.3 Å². The second-order valence-corrected chi connectivity index (χ2v) is 10.8. The van der Waals surface area contributed by atoms with Crippen LogP contribution < -0.4 is 0 Å². The molecule has 0 amide bonds. The number of benzene rings is 2. The number of hydrogen-bond acceptors (Lipinski definition) is 3. The highest BCUT2D eigenvalue weighted by Crippen LogP contribution is 2.55. The summed E-state index contributed by atoms with van der Waals surface area (Å²) in [5, 5.41) is -0.768. The molecule has 0 spiro atoms. The number of carbonyl (C=O) groups excluding carboxylic acids is 2. The molecule has 2 aromatic rings. The van der Waals surface area contributed by atoms with Gasteiger partial charge in [-0.15, -0.1) is 0 Å². The van der Waals surface area contributed by atoms with Gasteiger partial charge in [-0.3, -0.25) is 4.79 Å². The Kier molecular flexibility index (Phi) is 6.56. The smallest absolute Gasteiger partial charge is 0.289 e. The van der Waals surface area contributed by atoms with E-state index >= 15 is 0 Å². The summed E-state index contributed by atoms with van der Waals surface area (Å²) in [6, 6.07) is 6.65. The maximum atomic E-state index is 13.6. The Labute approximate surface area is 186 Å². The molecule has 1 saturated carbocycles. The van der Waals surface area contributed by atoms with E-state index in [-0.39, 0.29) is 15.6 Å². The summed E-state index contributed by atoms with van der Waals surface area (Å²) in [5.41, 5.74) is 2.60. The van der Waals surface area contributed by atoms with Gasteiger partial charge in [-0.25, -0.2) is 4.79 Å². The number of ketones is 1. The normalized spacial score (nSPS) is 16.0. The van der Waals surface area contributed by atoms with Gasteiger partial charge in [0.15, 0.2) is 0 Å². The Bertz CT molecular complexity index is 994. The Morgan fingerprint density at radius 2 is 1.34 bits per heavy atom. The minimum Gasteiger partial charge on any atom is -0.289 e. The lowest BCUT2D eigenvalue weighted by molar-refractivity contribution is 0.0931. The van der Waals surface area contributed by atoms with E-state index in [2.05, 4.69) is 0 Å². The van der Waals surface area contributed by atoms with Crippen LogP contribution in [0.5, 0.6) is 0 Å². The highest BCUT2D eigenvalue weighted by Gasteiger charge is 2.61. The third-order valence-corrected chi connectivity index (χ3v) is 8.39. The molecule has 3 nitrogen and oxygen atoms in total. The van der Waals surface area contributed by atoms with Crippen molar-refractivity contribution in [3.8, 4) is 0 Å². The van der Waals surface area contributed by atoms with E-state index in [4.69, 9.17) is 34.8 Å². The summed E-state index contributed by atoms with van der Waals surface area (Å²) in [5.74, 6) is -0.432. The van der Waals surface area contributed by atoms with Crippen molar-refractivity contribution in [2.75, 3.05) is 0 Å². The van der Waals surface area contributed by atoms with Crippen molar-refractivity contribution < 1.29 is 14.2 Å². The van der Waals surface area contributed by atoms with Crippen LogP contribution in [0.3, 0.4) is 0 Å². The van der Waals surface area contributed by atoms with E-state index in [9.17, 15) is 14.2 Å². The van der Waals surface area contributed by atoms with Crippen molar-refractivity contribution in [3.63, 3.8) is 0 Å². The lowest BCUT2D eigenvalue weighted by Gasteiger charge is -2.18. The molecular weight excluding hydrogens is 450 g/mol. The molecule has 0 bridgehead atoms. The van der Waals surface area contributed by atoms with Gasteiger partial charge >= 0.3 is 13.3 Å². The van der Waals surface area contributed by atoms with Crippen LogP contribution in [0.25, 0.3) is 0 Å². The molecule has 0 saturated heterocycles. The van der Waals surface area contributed by atoms with E-state index in [1.807, 2.05) is 32.9 Å². The number of carbonyl (C=O) groups is 2. The fraction of sp³-hybridized carbons (Fsp3) is 0.364. The summed E-state index contributed by atoms with van der Waals surface area (Å²) >= 11 is 18.5. The minimum atomic E-state index is -2.53. The van der Waals surface area contributed by atoms with E-state index in [0.717, 1.165) is 29.5 Å². The molecule has 29 heavy (non-hydrogen) atoms. The summed E-state index contributed by atoms with van der Waals surface area (Å²) < 4.78 is 13.6. The lowest BCUT2D eigenvalue weighted by atomic mass is 9.95. The van der Waals surface area contributed by atoms with Gasteiger partial charge in [-0.2, -0.15) is 0 Å².